The Hall–Kier alpha value is -1.30. The number of carbonyl (C=O) groups excluding carboxylic acids is 1. The second-order valence-corrected chi connectivity index (χ2v) is 7.00. The van der Waals surface area contributed by atoms with E-state index in [9.17, 15) is 19.8 Å². The Balaban J connectivity index is 2.54. The van der Waals surface area contributed by atoms with Gasteiger partial charge in [0.15, 0.2) is 0 Å². The highest BCUT2D eigenvalue weighted by Crippen LogP contribution is 2.32. The normalized spacial score (nSPS) is 27.8. The van der Waals surface area contributed by atoms with Crippen LogP contribution in [0.4, 0.5) is 4.79 Å². The number of nitrogens with one attached hydrogen (secondary N) is 1. The average molecular weight is 301 g/mol. The summed E-state index contributed by atoms with van der Waals surface area (Å²) in [5, 5.41) is 21.4. The minimum atomic E-state index is -1.06. The van der Waals surface area contributed by atoms with Crippen LogP contribution >= 0.6 is 0 Å². The Morgan fingerprint density at radius 1 is 1.33 bits per heavy atom. The molecule has 0 aliphatic heterocycles. The van der Waals surface area contributed by atoms with Crippen LogP contribution in [-0.2, 0) is 9.53 Å². The SMILES string of the molecule is CC1CC(CC(NC(=O)OC(C)(C)C)C(=O)O)CCC1O. The number of carboxylic acid groups (broad SMARTS) is 1. The lowest BCUT2D eigenvalue weighted by Gasteiger charge is -2.32. The topological polar surface area (TPSA) is 95.9 Å². The van der Waals surface area contributed by atoms with E-state index < -0.39 is 23.7 Å². The first kappa shape index (κ1) is 17.8. The molecule has 1 aliphatic rings. The van der Waals surface area contributed by atoms with Gasteiger partial charge in [0.05, 0.1) is 6.10 Å². The quantitative estimate of drug-likeness (QED) is 0.739. The maximum atomic E-state index is 11.7. The number of ether oxygens (including phenoxy) is 1. The van der Waals surface area contributed by atoms with Crippen LogP contribution in [0, 0.1) is 11.8 Å². The van der Waals surface area contributed by atoms with Crippen LogP contribution in [0.5, 0.6) is 0 Å². The number of hydrogen-bond donors (Lipinski definition) is 3. The Morgan fingerprint density at radius 2 is 1.95 bits per heavy atom. The first-order chi connectivity index (χ1) is 9.58. The molecule has 6 nitrogen and oxygen atoms in total. The fourth-order valence-electron chi connectivity index (χ4n) is 2.71. The molecule has 0 radical (unpaired) electrons. The molecule has 0 heterocycles. The highest BCUT2D eigenvalue weighted by atomic mass is 16.6. The van der Waals surface area contributed by atoms with Crippen molar-refractivity contribution in [2.45, 2.75) is 71.1 Å². The molecule has 4 atom stereocenters. The summed E-state index contributed by atoms with van der Waals surface area (Å²) >= 11 is 0. The van der Waals surface area contributed by atoms with Crippen molar-refractivity contribution in [3.05, 3.63) is 0 Å². The summed E-state index contributed by atoms with van der Waals surface area (Å²) in [5.41, 5.74) is -0.656. The first-order valence-electron chi connectivity index (χ1n) is 7.49. The Kier molecular flexibility index (Phi) is 6.01. The van der Waals surface area contributed by atoms with Crippen LogP contribution in [0.25, 0.3) is 0 Å². The molecule has 21 heavy (non-hydrogen) atoms. The molecule has 0 saturated heterocycles. The van der Waals surface area contributed by atoms with Crippen LogP contribution in [0.3, 0.4) is 0 Å². The van der Waals surface area contributed by atoms with Crippen LogP contribution < -0.4 is 5.32 Å². The van der Waals surface area contributed by atoms with Crippen molar-refractivity contribution < 1.29 is 24.5 Å². The van der Waals surface area contributed by atoms with Gasteiger partial charge < -0.3 is 20.3 Å². The molecule has 4 unspecified atom stereocenters. The number of carbonyl (C=O) groups is 2. The van der Waals surface area contributed by atoms with Gasteiger partial charge in [0.25, 0.3) is 0 Å². The number of hydrogen-bond acceptors (Lipinski definition) is 4. The van der Waals surface area contributed by atoms with E-state index in [1.54, 1.807) is 20.8 Å². The Morgan fingerprint density at radius 3 is 2.43 bits per heavy atom. The summed E-state index contributed by atoms with van der Waals surface area (Å²) in [6.07, 6.45) is 1.60. The summed E-state index contributed by atoms with van der Waals surface area (Å²) < 4.78 is 5.09. The van der Waals surface area contributed by atoms with Gasteiger partial charge in [-0.2, -0.15) is 0 Å². The van der Waals surface area contributed by atoms with E-state index in [0.29, 0.717) is 12.8 Å². The number of carboxylic acids is 1. The molecule has 1 fully saturated rings. The van der Waals surface area contributed by atoms with Gasteiger partial charge in [-0.15, -0.1) is 0 Å². The van der Waals surface area contributed by atoms with Crippen molar-refractivity contribution in [2.75, 3.05) is 0 Å². The summed E-state index contributed by atoms with van der Waals surface area (Å²) in [5.74, 6) is -0.696. The predicted molar refractivity (Wildman–Crippen MR) is 77.9 cm³/mol. The highest BCUT2D eigenvalue weighted by Gasteiger charge is 2.31. The van der Waals surface area contributed by atoms with E-state index in [2.05, 4.69) is 5.32 Å². The molecular formula is C15H27NO5. The minimum absolute atomic E-state index is 0.166. The number of aliphatic carboxylic acids is 1. The molecular weight excluding hydrogens is 274 g/mol. The van der Waals surface area contributed by atoms with Gasteiger partial charge in [-0.05, 0) is 58.3 Å². The third kappa shape index (κ3) is 6.33. The second-order valence-electron chi connectivity index (χ2n) is 7.00. The van der Waals surface area contributed by atoms with E-state index in [4.69, 9.17) is 4.74 Å². The molecule has 122 valence electrons. The number of aliphatic hydroxyl groups is 1. The number of amides is 1. The first-order valence-corrected chi connectivity index (χ1v) is 7.49. The van der Waals surface area contributed by atoms with E-state index in [0.717, 1.165) is 12.8 Å². The highest BCUT2D eigenvalue weighted by molar-refractivity contribution is 5.80. The monoisotopic (exact) mass is 301 g/mol. The third-order valence-electron chi connectivity index (χ3n) is 3.79. The minimum Gasteiger partial charge on any atom is -0.480 e. The predicted octanol–water partition coefficient (Wildman–Crippen LogP) is 2.15. The summed E-state index contributed by atoms with van der Waals surface area (Å²) in [6.45, 7) is 7.15. The second kappa shape index (κ2) is 7.11. The summed E-state index contributed by atoms with van der Waals surface area (Å²) in [7, 11) is 0. The lowest BCUT2D eigenvalue weighted by atomic mass is 9.78. The van der Waals surface area contributed by atoms with E-state index >= 15 is 0 Å². The summed E-state index contributed by atoms with van der Waals surface area (Å²) in [4.78, 5) is 23.0. The fourth-order valence-corrected chi connectivity index (χ4v) is 2.71. The van der Waals surface area contributed by atoms with Gasteiger partial charge in [0.1, 0.15) is 11.6 Å². The smallest absolute Gasteiger partial charge is 0.408 e. The molecule has 0 spiro atoms. The molecule has 0 aromatic heterocycles. The van der Waals surface area contributed by atoms with E-state index in [1.165, 1.54) is 0 Å². The molecule has 0 aromatic carbocycles. The maximum Gasteiger partial charge on any atom is 0.408 e. The van der Waals surface area contributed by atoms with Gasteiger partial charge in [-0.1, -0.05) is 6.92 Å². The van der Waals surface area contributed by atoms with Crippen molar-refractivity contribution >= 4 is 12.1 Å². The Bertz CT molecular complexity index is 377. The molecule has 0 bridgehead atoms. The molecule has 1 saturated carbocycles. The lowest BCUT2D eigenvalue weighted by molar-refractivity contribution is -0.140. The summed E-state index contributed by atoms with van der Waals surface area (Å²) in [6, 6.07) is -0.952. The van der Waals surface area contributed by atoms with Gasteiger partial charge in [-0.25, -0.2) is 9.59 Å². The Labute approximate surface area is 125 Å². The van der Waals surface area contributed by atoms with Crippen molar-refractivity contribution in [2.24, 2.45) is 11.8 Å². The van der Waals surface area contributed by atoms with Crippen LogP contribution in [0.2, 0.25) is 0 Å². The molecule has 1 amide bonds. The van der Waals surface area contributed by atoms with Crippen molar-refractivity contribution in [3.8, 4) is 0 Å². The van der Waals surface area contributed by atoms with Crippen LogP contribution in [0.15, 0.2) is 0 Å². The molecule has 0 aromatic rings. The number of alkyl carbamates (subject to hydrolysis) is 1. The van der Waals surface area contributed by atoms with E-state index in [-0.39, 0.29) is 17.9 Å². The van der Waals surface area contributed by atoms with Crippen molar-refractivity contribution in [1.82, 2.24) is 5.32 Å². The van der Waals surface area contributed by atoms with Gasteiger partial charge in [-0.3, -0.25) is 0 Å². The van der Waals surface area contributed by atoms with Crippen LogP contribution in [0.1, 0.15) is 53.4 Å². The standard InChI is InChI=1S/C15H27NO5/c1-9-7-10(5-6-12(9)17)8-11(13(18)19)16-14(20)21-15(2,3)4/h9-12,17H,5-8H2,1-4H3,(H,16,20)(H,18,19). The van der Waals surface area contributed by atoms with Crippen molar-refractivity contribution in [3.63, 3.8) is 0 Å². The molecule has 1 aliphatic carbocycles. The fraction of sp³-hybridized carbons (Fsp3) is 0.867. The largest absolute Gasteiger partial charge is 0.480 e. The molecule has 3 N–H and O–H groups in total. The third-order valence-corrected chi connectivity index (χ3v) is 3.79. The van der Waals surface area contributed by atoms with Gasteiger partial charge in [0.2, 0.25) is 0 Å². The lowest BCUT2D eigenvalue weighted by Crippen LogP contribution is -2.45. The zero-order chi connectivity index (χ0) is 16.2. The molecule has 1 rings (SSSR count). The van der Waals surface area contributed by atoms with Gasteiger partial charge >= 0.3 is 12.1 Å². The zero-order valence-corrected chi connectivity index (χ0v) is 13.3. The molecule has 6 heteroatoms. The average Bonchev–Trinajstić information content (AvgIpc) is 2.30. The van der Waals surface area contributed by atoms with Crippen LogP contribution in [-0.4, -0.2) is 40.0 Å². The maximum absolute atomic E-state index is 11.7. The number of aliphatic hydroxyl groups excluding tert-OH is 1. The number of rotatable bonds is 4. The van der Waals surface area contributed by atoms with Gasteiger partial charge in [0, 0.05) is 0 Å². The van der Waals surface area contributed by atoms with Crippen molar-refractivity contribution in [1.29, 1.82) is 0 Å². The van der Waals surface area contributed by atoms with E-state index in [1.807, 2.05) is 6.92 Å². The zero-order valence-electron chi connectivity index (χ0n) is 13.3.